The van der Waals surface area contributed by atoms with E-state index in [2.05, 4.69) is 19.9 Å². The number of rotatable bonds is 6. The second-order valence-electron chi connectivity index (χ2n) is 6.26. The molecule has 1 unspecified atom stereocenters. The Balaban J connectivity index is 0.00000261. The van der Waals surface area contributed by atoms with Gasteiger partial charge in [-0.3, -0.25) is 9.97 Å². The molecule has 0 saturated carbocycles. The maximum atomic E-state index is 12.8. The van der Waals surface area contributed by atoms with Crippen LogP contribution in [0.3, 0.4) is 0 Å². The van der Waals surface area contributed by atoms with Gasteiger partial charge in [0.25, 0.3) is 0 Å². The molecule has 0 radical (unpaired) electrons. The Morgan fingerprint density at radius 2 is 2.00 bits per heavy atom. The van der Waals surface area contributed by atoms with Crippen LogP contribution >= 0.6 is 0 Å². The molecule has 0 aliphatic heterocycles. The zero-order valence-electron chi connectivity index (χ0n) is 15.5. The number of H-pyrrole nitrogens is 1. The van der Waals surface area contributed by atoms with Gasteiger partial charge >= 0.3 is 34.7 Å². The molecule has 0 bridgehead atoms. The van der Waals surface area contributed by atoms with Crippen molar-refractivity contribution in [1.82, 2.24) is 19.9 Å². The molecular weight excluding hydrogens is 375 g/mol. The second-order valence-corrected chi connectivity index (χ2v) is 7.63. The number of aromatic nitrogens is 4. The van der Waals surface area contributed by atoms with Crippen molar-refractivity contribution in [1.29, 1.82) is 0 Å². The van der Waals surface area contributed by atoms with Crippen molar-refractivity contribution in [2.45, 2.75) is 44.7 Å². The molecule has 140 valence electrons. The first-order chi connectivity index (χ1) is 12.4. The summed E-state index contributed by atoms with van der Waals surface area (Å²) in [5, 5.41) is 0.373. The van der Waals surface area contributed by atoms with E-state index in [1.165, 1.54) is 0 Å². The van der Waals surface area contributed by atoms with Crippen molar-refractivity contribution in [2.24, 2.45) is 0 Å². The SMILES string of the molecule is COc1ccnc(C[S+]([O-])c2nc3cc(C)c(OC(C)C)nc3[nH]2)c1C.[NaH]. The van der Waals surface area contributed by atoms with Crippen LogP contribution in [0.5, 0.6) is 11.6 Å². The number of hydrogen-bond acceptors (Lipinski definition) is 6. The number of imidazole rings is 1. The van der Waals surface area contributed by atoms with Gasteiger partial charge in [0, 0.05) is 28.5 Å². The Labute approximate surface area is 183 Å². The van der Waals surface area contributed by atoms with Crippen molar-refractivity contribution >= 4 is 51.9 Å². The molecule has 0 amide bonds. The summed E-state index contributed by atoms with van der Waals surface area (Å²) >= 11 is -1.38. The van der Waals surface area contributed by atoms with Gasteiger partial charge in [-0.1, -0.05) is 0 Å². The van der Waals surface area contributed by atoms with Gasteiger partial charge in [0.05, 0.1) is 18.9 Å². The van der Waals surface area contributed by atoms with Crippen LogP contribution in [-0.4, -0.2) is 67.3 Å². The van der Waals surface area contributed by atoms with Crippen molar-refractivity contribution in [2.75, 3.05) is 7.11 Å². The Morgan fingerprint density at radius 3 is 2.67 bits per heavy atom. The maximum absolute atomic E-state index is 12.8. The van der Waals surface area contributed by atoms with E-state index in [0.29, 0.717) is 22.2 Å². The predicted octanol–water partition coefficient (Wildman–Crippen LogP) is 2.42. The van der Waals surface area contributed by atoms with Crippen molar-refractivity contribution in [3.8, 4) is 11.6 Å². The number of aromatic amines is 1. The van der Waals surface area contributed by atoms with Gasteiger partial charge in [-0.2, -0.15) is 9.97 Å². The van der Waals surface area contributed by atoms with Crippen LogP contribution in [0.1, 0.15) is 30.7 Å². The molecule has 3 aromatic heterocycles. The molecule has 0 aromatic carbocycles. The number of pyridine rings is 2. The summed E-state index contributed by atoms with van der Waals surface area (Å²) in [4.78, 5) is 16.2. The fourth-order valence-corrected chi connectivity index (χ4v) is 3.65. The average molecular weight is 398 g/mol. The molecule has 0 aliphatic carbocycles. The Bertz CT molecular complexity index is 932. The number of methoxy groups -OCH3 is 1. The van der Waals surface area contributed by atoms with Crippen LogP contribution in [0.25, 0.3) is 11.2 Å². The normalized spacial score (nSPS) is 12.1. The molecule has 27 heavy (non-hydrogen) atoms. The summed E-state index contributed by atoms with van der Waals surface area (Å²) in [7, 11) is 1.60. The minimum atomic E-state index is -1.38. The van der Waals surface area contributed by atoms with E-state index in [4.69, 9.17) is 9.47 Å². The van der Waals surface area contributed by atoms with Gasteiger partial charge in [0.2, 0.25) is 5.88 Å². The zero-order chi connectivity index (χ0) is 18.8. The van der Waals surface area contributed by atoms with Crippen molar-refractivity contribution < 1.29 is 14.0 Å². The van der Waals surface area contributed by atoms with Gasteiger partial charge in [0.15, 0.2) is 11.4 Å². The summed E-state index contributed by atoms with van der Waals surface area (Å²) < 4.78 is 23.8. The van der Waals surface area contributed by atoms with Crippen LogP contribution in [0, 0.1) is 13.8 Å². The first kappa shape index (κ1) is 22.0. The Morgan fingerprint density at radius 1 is 1.26 bits per heavy atom. The number of fused-ring (bicyclic) bond motifs is 1. The summed E-state index contributed by atoms with van der Waals surface area (Å²) in [6.07, 6.45) is 1.68. The van der Waals surface area contributed by atoms with Gasteiger partial charge in [-0.25, -0.2) is 0 Å². The second kappa shape index (κ2) is 9.25. The van der Waals surface area contributed by atoms with E-state index in [0.717, 1.165) is 22.6 Å². The number of nitrogens with one attached hydrogen (secondary N) is 1. The van der Waals surface area contributed by atoms with E-state index in [1.54, 1.807) is 19.4 Å². The number of hydrogen-bond donors (Lipinski definition) is 1. The standard InChI is InChI=1S/C18H22N4O3S.Na.H/c1-10(2)25-17-11(3)8-13-16(21-17)22-18(20-13)26(23)9-14-12(4)15(24-5)6-7-19-14;;/h6-8,10H,9H2,1-5H3,(H,20,21,22);;. The number of aryl methyl sites for hydroxylation is 1. The molecule has 7 nitrogen and oxygen atoms in total. The van der Waals surface area contributed by atoms with Crippen LogP contribution < -0.4 is 9.47 Å². The molecule has 3 aromatic rings. The molecule has 1 N–H and O–H groups in total. The van der Waals surface area contributed by atoms with E-state index in [-0.39, 0.29) is 41.4 Å². The molecule has 1 atom stereocenters. The van der Waals surface area contributed by atoms with Crippen LogP contribution in [0.15, 0.2) is 23.5 Å². The van der Waals surface area contributed by atoms with E-state index in [9.17, 15) is 4.55 Å². The van der Waals surface area contributed by atoms with Crippen LogP contribution in [-0.2, 0) is 16.9 Å². The third-order valence-corrected chi connectivity index (χ3v) is 5.06. The van der Waals surface area contributed by atoms with Gasteiger partial charge in [-0.15, -0.1) is 0 Å². The Hall–Kier alpha value is -1.32. The molecule has 0 saturated heterocycles. The van der Waals surface area contributed by atoms with Crippen molar-refractivity contribution in [3.05, 3.63) is 35.2 Å². The third-order valence-electron chi connectivity index (χ3n) is 3.90. The monoisotopic (exact) mass is 398 g/mol. The van der Waals surface area contributed by atoms with Gasteiger partial charge < -0.3 is 14.0 Å². The molecule has 0 fully saturated rings. The topological polar surface area (TPSA) is 96.0 Å². The van der Waals surface area contributed by atoms with Crippen molar-refractivity contribution in [3.63, 3.8) is 0 Å². The fourth-order valence-electron chi connectivity index (χ4n) is 2.57. The van der Waals surface area contributed by atoms with Crippen LogP contribution in [0.2, 0.25) is 0 Å². The average Bonchev–Trinajstić information content (AvgIpc) is 2.99. The Kier molecular flexibility index (Phi) is 7.53. The molecule has 3 heterocycles. The van der Waals surface area contributed by atoms with E-state index < -0.39 is 11.2 Å². The van der Waals surface area contributed by atoms with Gasteiger partial charge in [-0.05, 0) is 39.8 Å². The van der Waals surface area contributed by atoms with Crippen LogP contribution in [0.4, 0.5) is 0 Å². The first-order valence-corrected chi connectivity index (χ1v) is 9.61. The quantitative estimate of drug-likeness (QED) is 0.506. The summed E-state index contributed by atoms with van der Waals surface area (Å²) in [5.41, 5.74) is 3.71. The number of ether oxygens (including phenoxy) is 2. The molecule has 0 aliphatic rings. The van der Waals surface area contributed by atoms with Gasteiger partial charge in [0.1, 0.15) is 11.3 Å². The molecule has 0 spiro atoms. The first-order valence-electron chi connectivity index (χ1n) is 8.30. The molecule has 3 rings (SSSR count). The fraction of sp³-hybridized carbons (Fsp3) is 0.389. The minimum absolute atomic E-state index is 0. The predicted molar refractivity (Wildman–Crippen MR) is 107 cm³/mol. The summed E-state index contributed by atoms with van der Waals surface area (Å²) in [6, 6.07) is 3.66. The summed E-state index contributed by atoms with van der Waals surface area (Å²) in [6.45, 7) is 7.71. The van der Waals surface area contributed by atoms with E-state index in [1.807, 2.05) is 33.8 Å². The molecular formula is C18H23N4NaO3S. The number of nitrogens with zero attached hydrogens (tertiary/aromatic N) is 3. The molecule has 9 heteroatoms. The third kappa shape index (κ3) is 4.94. The van der Waals surface area contributed by atoms with E-state index >= 15 is 0 Å². The summed E-state index contributed by atoms with van der Waals surface area (Å²) in [5.74, 6) is 1.53. The zero-order valence-corrected chi connectivity index (χ0v) is 16.3.